The van der Waals surface area contributed by atoms with Crippen LogP contribution in [0.15, 0.2) is 18.2 Å². The number of hydrogen-bond donors (Lipinski definition) is 3. The van der Waals surface area contributed by atoms with Gasteiger partial charge in [0.05, 0.1) is 6.10 Å². The molecule has 1 heterocycles. The normalized spacial score (nSPS) is 18.0. The zero-order chi connectivity index (χ0) is 12.4. The third-order valence-electron chi connectivity index (χ3n) is 2.91. The Bertz CT molecular complexity index is 439. The van der Waals surface area contributed by atoms with Gasteiger partial charge in [-0.05, 0) is 17.1 Å². The zero-order valence-corrected chi connectivity index (χ0v) is 9.64. The summed E-state index contributed by atoms with van der Waals surface area (Å²) in [5.41, 5.74) is 8.53. The molecule has 1 aromatic carbocycles. The highest BCUT2D eigenvalue weighted by atomic mass is 16.5. The summed E-state index contributed by atoms with van der Waals surface area (Å²) in [6, 6.07) is 5.72. The first-order chi connectivity index (χ1) is 8.13. The molecule has 1 atom stereocenters. The molecule has 0 amide bonds. The Labute approximate surface area is 100 Å². The topological polar surface area (TPSA) is 84.6 Å². The molecule has 90 valence electrons. The number of anilines is 1. The Kier molecular flexibility index (Phi) is 3.35. The van der Waals surface area contributed by atoms with Crippen LogP contribution in [0.2, 0.25) is 6.82 Å². The lowest BCUT2D eigenvalue weighted by Crippen LogP contribution is -2.29. The fourth-order valence-corrected chi connectivity index (χ4v) is 2.21. The summed E-state index contributed by atoms with van der Waals surface area (Å²) in [5, 5.41) is 11.6. The Balaban J connectivity index is 2.30. The molecule has 0 radical (unpaired) electrons. The summed E-state index contributed by atoms with van der Waals surface area (Å²) in [6.07, 6.45) is -0.0911. The van der Waals surface area contributed by atoms with Gasteiger partial charge in [-0.3, -0.25) is 4.79 Å². The summed E-state index contributed by atoms with van der Waals surface area (Å²) in [6.45, 7) is 2.22. The van der Waals surface area contributed by atoms with E-state index in [1.165, 1.54) is 0 Å². The van der Waals surface area contributed by atoms with Crippen LogP contribution in [-0.4, -0.2) is 31.1 Å². The minimum Gasteiger partial charge on any atom is -0.480 e. The zero-order valence-electron chi connectivity index (χ0n) is 9.64. The third kappa shape index (κ3) is 2.27. The van der Waals surface area contributed by atoms with E-state index in [0.717, 1.165) is 16.7 Å². The Morgan fingerprint density at radius 1 is 1.65 bits per heavy atom. The second-order valence-corrected chi connectivity index (χ2v) is 4.06. The predicted octanol–water partition coefficient (Wildman–Crippen LogP) is 0.0414. The van der Waals surface area contributed by atoms with Crippen LogP contribution in [0, 0.1) is 0 Å². The van der Waals surface area contributed by atoms with Crippen molar-refractivity contribution in [1.82, 2.24) is 0 Å². The summed E-state index contributed by atoms with van der Waals surface area (Å²) >= 11 is 0. The molecule has 0 aromatic heterocycles. The number of rotatable bonds is 4. The molecule has 5 nitrogen and oxygen atoms in total. The van der Waals surface area contributed by atoms with Crippen molar-refractivity contribution in [2.24, 2.45) is 5.73 Å². The number of carbonyl (C=O) groups is 1. The van der Waals surface area contributed by atoms with Crippen LogP contribution in [0.5, 0.6) is 0 Å². The van der Waals surface area contributed by atoms with Gasteiger partial charge in [-0.1, -0.05) is 19.0 Å². The summed E-state index contributed by atoms with van der Waals surface area (Å²) in [5.74, 6) is -0.885. The lowest BCUT2D eigenvalue weighted by Gasteiger charge is -2.11. The molecule has 0 unspecified atom stereocenters. The number of nitrogens with one attached hydrogen (secondary N) is 1. The molecule has 0 fully saturated rings. The fraction of sp³-hybridized carbons (Fsp3) is 0.364. The largest absolute Gasteiger partial charge is 0.480 e. The maximum Gasteiger partial charge on any atom is 0.326 e. The van der Waals surface area contributed by atoms with Gasteiger partial charge >= 0.3 is 12.9 Å². The maximum atomic E-state index is 10.6. The van der Waals surface area contributed by atoms with Gasteiger partial charge in [0.25, 0.3) is 0 Å². The fourth-order valence-electron chi connectivity index (χ4n) is 2.21. The van der Waals surface area contributed by atoms with Gasteiger partial charge in [0.2, 0.25) is 0 Å². The van der Waals surface area contributed by atoms with E-state index in [2.05, 4.69) is 5.32 Å². The molecular formula is C11H15BN2O3. The quantitative estimate of drug-likeness (QED) is 0.640. The van der Waals surface area contributed by atoms with E-state index in [1.54, 1.807) is 0 Å². The minimum absolute atomic E-state index is 0.0592. The van der Waals surface area contributed by atoms with Crippen molar-refractivity contribution in [3.8, 4) is 0 Å². The molecule has 17 heavy (non-hydrogen) atoms. The van der Waals surface area contributed by atoms with E-state index in [0.29, 0.717) is 6.54 Å². The summed E-state index contributed by atoms with van der Waals surface area (Å²) in [7, 11) is 0. The highest BCUT2D eigenvalue weighted by Gasteiger charge is 2.32. The third-order valence-corrected chi connectivity index (χ3v) is 2.91. The lowest BCUT2D eigenvalue weighted by atomic mass is 9.63. The molecule has 2 rings (SSSR count). The predicted molar refractivity (Wildman–Crippen MR) is 66.7 cm³/mol. The van der Waals surface area contributed by atoms with Crippen molar-refractivity contribution in [3.05, 3.63) is 23.8 Å². The molecule has 0 saturated carbocycles. The average molecular weight is 234 g/mol. The molecule has 0 bridgehead atoms. The lowest BCUT2D eigenvalue weighted by molar-refractivity contribution is -0.134. The van der Waals surface area contributed by atoms with Gasteiger partial charge in [0.1, 0.15) is 6.54 Å². The molecular weight excluding hydrogens is 219 g/mol. The van der Waals surface area contributed by atoms with E-state index in [1.807, 2.05) is 25.0 Å². The second-order valence-electron chi connectivity index (χ2n) is 4.06. The van der Waals surface area contributed by atoms with Crippen LogP contribution in [0.3, 0.4) is 0 Å². The highest BCUT2D eigenvalue weighted by molar-refractivity contribution is 6.69. The maximum absolute atomic E-state index is 10.6. The van der Waals surface area contributed by atoms with E-state index in [9.17, 15) is 4.79 Å². The van der Waals surface area contributed by atoms with Gasteiger partial charge in [-0.2, -0.15) is 0 Å². The molecule has 0 aliphatic carbocycles. The number of carboxylic acid groups (broad SMARTS) is 1. The Morgan fingerprint density at radius 3 is 3.06 bits per heavy atom. The first-order valence-electron chi connectivity index (χ1n) is 5.57. The van der Waals surface area contributed by atoms with Gasteiger partial charge in [0, 0.05) is 12.2 Å². The van der Waals surface area contributed by atoms with Crippen molar-refractivity contribution in [1.29, 1.82) is 0 Å². The summed E-state index contributed by atoms with van der Waals surface area (Å²) in [4.78, 5) is 10.6. The van der Waals surface area contributed by atoms with Gasteiger partial charge in [-0.15, -0.1) is 0 Å². The first-order valence-corrected chi connectivity index (χ1v) is 5.57. The minimum atomic E-state index is -0.885. The number of carboxylic acids is 1. The number of nitrogens with two attached hydrogens (primary N) is 1. The van der Waals surface area contributed by atoms with Crippen LogP contribution in [0.1, 0.15) is 11.7 Å². The van der Waals surface area contributed by atoms with Crippen LogP contribution < -0.4 is 16.5 Å². The van der Waals surface area contributed by atoms with E-state index in [4.69, 9.17) is 15.5 Å². The van der Waals surface area contributed by atoms with Crippen LogP contribution in [0.4, 0.5) is 5.69 Å². The molecule has 0 saturated heterocycles. The van der Waals surface area contributed by atoms with Crippen LogP contribution >= 0.6 is 0 Å². The van der Waals surface area contributed by atoms with Crippen molar-refractivity contribution in [3.63, 3.8) is 0 Å². The highest BCUT2D eigenvalue weighted by Crippen LogP contribution is 2.26. The Morgan fingerprint density at radius 2 is 2.41 bits per heavy atom. The monoisotopic (exact) mass is 234 g/mol. The van der Waals surface area contributed by atoms with Crippen LogP contribution in [0.25, 0.3) is 0 Å². The summed E-state index contributed by atoms with van der Waals surface area (Å²) < 4.78 is 5.72. The molecule has 6 heteroatoms. The SMILES string of the molecule is CB1O[C@@H](CN)c2cccc(NCC(=O)O)c21. The smallest absolute Gasteiger partial charge is 0.326 e. The van der Waals surface area contributed by atoms with E-state index < -0.39 is 5.97 Å². The molecule has 1 aliphatic heterocycles. The van der Waals surface area contributed by atoms with Crippen molar-refractivity contribution < 1.29 is 14.6 Å². The standard InChI is InChI=1S/C11H15BN2O3/c1-12-11-7(9(5-13)17-12)3-2-4-8(11)14-6-10(15)16/h2-4,9,14H,5-6,13H2,1H3,(H,15,16)/t9-/m0/s1. The first kappa shape index (κ1) is 11.9. The molecule has 1 aromatic rings. The van der Waals surface area contributed by atoms with Crippen molar-refractivity contribution in [2.75, 3.05) is 18.4 Å². The average Bonchev–Trinajstić information content (AvgIpc) is 2.64. The number of aliphatic carboxylic acids is 1. The second kappa shape index (κ2) is 4.77. The van der Waals surface area contributed by atoms with E-state index >= 15 is 0 Å². The number of hydrogen-bond acceptors (Lipinski definition) is 4. The number of fused-ring (bicyclic) bond motifs is 1. The molecule has 0 spiro atoms. The van der Waals surface area contributed by atoms with Crippen LogP contribution in [-0.2, 0) is 9.45 Å². The van der Waals surface area contributed by atoms with Crippen molar-refractivity contribution >= 4 is 24.0 Å². The van der Waals surface area contributed by atoms with Gasteiger partial charge in [-0.25, -0.2) is 0 Å². The molecule has 1 aliphatic rings. The van der Waals surface area contributed by atoms with E-state index in [-0.39, 0.29) is 19.6 Å². The van der Waals surface area contributed by atoms with Gasteiger partial charge in [0.15, 0.2) is 0 Å². The number of benzene rings is 1. The Hall–Kier alpha value is -1.53. The van der Waals surface area contributed by atoms with Gasteiger partial charge < -0.3 is 20.8 Å². The van der Waals surface area contributed by atoms with Crippen molar-refractivity contribution in [2.45, 2.75) is 12.9 Å². The molecule has 4 N–H and O–H groups in total.